The minimum absolute atomic E-state index is 0.256. The smallest absolute Gasteiger partial charge is 0.407 e. The van der Waals surface area contributed by atoms with Gasteiger partial charge in [-0.05, 0) is 18.9 Å². The Labute approximate surface area is 89.4 Å². The lowest BCUT2D eigenvalue weighted by Crippen LogP contribution is -2.27. The SMILES string of the molecule is CCOC(=O)N[C@@H]1C[C@H]1c1ccccc1. The predicted molar refractivity (Wildman–Crippen MR) is 57.7 cm³/mol. The second-order valence-electron chi connectivity index (χ2n) is 3.72. The highest BCUT2D eigenvalue weighted by Gasteiger charge is 2.39. The number of benzene rings is 1. The molecule has 3 nitrogen and oxygen atoms in total. The van der Waals surface area contributed by atoms with Crippen molar-refractivity contribution in [1.82, 2.24) is 5.32 Å². The first-order chi connectivity index (χ1) is 7.31. The summed E-state index contributed by atoms with van der Waals surface area (Å²) >= 11 is 0. The normalized spacial score (nSPS) is 23.3. The van der Waals surface area contributed by atoms with Crippen LogP contribution >= 0.6 is 0 Å². The molecule has 1 fully saturated rings. The second-order valence-corrected chi connectivity index (χ2v) is 3.72. The molecule has 15 heavy (non-hydrogen) atoms. The number of amides is 1. The van der Waals surface area contributed by atoms with Crippen LogP contribution in [-0.4, -0.2) is 18.7 Å². The molecule has 0 radical (unpaired) electrons. The van der Waals surface area contributed by atoms with E-state index in [0.717, 1.165) is 6.42 Å². The lowest BCUT2D eigenvalue weighted by Gasteiger charge is -2.04. The van der Waals surface area contributed by atoms with E-state index in [1.165, 1.54) is 5.56 Å². The van der Waals surface area contributed by atoms with Gasteiger partial charge in [0.25, 0.3) is 0 Å². The highest BCUT2D eigenvalue weighted by atomic mass is 16.5. The number of ether oxygens (including phenoxy) is 1. The molecule has 0 spiro atoms. The number of rotatable bonds is 3. The highest BCUT2D eigenvalue weighted by Crippen LogP contribution is 2.40. The zero-order valence-electron chi connectivity index (χ0n) is 8.77. The van der Waals surface area contributed by atoms with Gasteiger partial charge in [0.2, 0.25) is 0 Å². The summed E-state index contributed by atoms with van der Waals surface area (Å²) in [6.45, 7) is 2.23. The molecule has 0 heterocycles. The van der Waals surface area contributed by atoms with Crippen LogP contribution in [0.3, 0.4) is 0 Å². The van der Waals surface area contributed by atoms with Gasteiger partial charge in [-0.25, -0.2) is 4.79 Å². The van der Waals surface area contributed by atoms with Crippen molar-refractivity contribution in [3.63, 3.8) is 0 Å². The van der Waals surface area contributed by atoms with Gasteiger partial charge < -0.3 is 10.1 Å². The Kier molecular flexibility index (Phi) is 2.90. The summed E-state index contributed by atoms with van der Waals surface area (Å²) in [7, 11) is 0. The molecule has 0 bridgehead atoms. The lowest BCUT2D eigenvalue weighted by atomic mass is 10.1. The van der Waals surface area contributed by atoms with Crippen LogP contribution in [0.4, 0.5) is 4.79 Å². The minimum Gasteiger partial charge on any atom is -0.450 e. The summed E-state index contributed by atoms with van der Waals surface area (Å²) in [5.41, 5.74) is 1.29. The number of alkyl carbamates (subject to hydrolysis) is 1. The van der Waals surface area contributed by atoms with Gasteiger partial charge in [0, 0.05) is 12.0 Å². The zero-order chi connectivity index (χ0) is 10.7. The number of carbonyl (C=O) groups is 1. The first kappa shape index (κ1) is 10.0. The molecule has 1 saturated carbocycles. The molecule has 1 aliphatic carbocycles. The number of nitrogens with one attached hydrogen (secondary N) is 1. The van der Waals surface area contributed by atoms with Crippen molar-refractivity contribution in [3.05, 3.63) is 35.9 Å². The monoisotopic (exact) mass is 205 g/mol. The van der Waals surface area contributed by atoms with E-state index in [4.69, 9.17) is 4.74 Å². The summed E-state index contributed by atoms with van der Waals surface area (Å²) in [6.07, 6.45) is 0.712. The molecule has 80 valence electrons. The van der Waals surface area contributed by atoms with Crippen molar-refractivity contribution in [2.75, 3.05) is 6.61 Å². The third-order valence-corrected chi connectivity index (χ3v) is 2.60. The Hall–Kier alpha value is -1.51. The molecular weight excluding hydrogens is 190 g/mol. The molecular formula is C12H15NO2. The van der Waals surface area contributed by atoms with Crippen LogP contribution in [0.5, 0.6) is 0 Å². The summed E-state index contributed by atoms with van der Waals surface area (Å²) < 4.78 is 4.83. The average molecular weight is 205 g/mol. The standard InChI is InChI=1S/C12H15NO2/c1-2-15-12(14)13-11-8-10(11)9-6-4-3-5-7-9/h3-7,10-11H,2,8H2,1H3,(H,13,14)/t10-,11+/m0/s1. The van der Waals surface area contributed by atoms with E-state index in [-0.39, 0.29) is 12.1 Å². The first-order valence-electron chi connectivity index (χ1n) is 5.29. The van der Waals surface area contributed by atoms with E-state index in [2.05, 4.69) is 17.4 Å². The van der Waals surface area contributed by atoms with Gasteiger partial charge in [0.15, 0.2) is 0 Å². The van der Waals surface area contributed by atoms with Crippen molar-refractivity contribution in [3.8, 4) is 0 Å². The first-order valence-corrected chi connectivity index (χ1v) is 5.29. The third kappa shape index (κ3) is 2.49. The Morgan fingerprint density at radius 2 is 2.20 bits per heavy atom. The Morgan fingerprint density at radius 3 is 2.87 bits per heavy atom. The van der Waals surface area contributed by atoms with Gasteiger partial charge in [-0.2, -0.15) is 0 Å². The molecule has 2 rings (SSSR count). The number of carbonyl (C=O) groups excluding carboxylic acids is 1. The average Bonchev–Trinajstić information content (AvgIpc) is 2.99. The van der Waals surface area contributed by atoms with E-state index < -0.39 is 0 Å². The Bertz CT molecular complexity index is 337. The fourth-order valence-electron chi connectivity index (χ4n) is 1.75. The van der Waals surface area contributed by atoms with Crippen LogP contribution in [0.1, 0.15) is 24.8 Å². The Balaban J connectivity index is 1.84. The van der Waals surface area contributed by atoms with Crippen LogP contribution in [0, 0.1) is 0 Å². The molecule has 0 aliphatic heterocycles. The van der Waals surface area contributed by atoms with E-state index in [1.807, 2.05) is 18.2 Å². The summed E-state index contributed by atoms with van der Waals surface area (Å²) in [6, 6.07) is 10.5. The van der Waals surface area contributed by atoms with Crippen LogP contribution in [0.2, 0.25) is 0 Å². The van der Waals surface area contributed by atoms with Gasteiger partial charge in [-0.3, -0.25) is 0 Å². The fourth-order valence-corrected chi connectivity index (χ4v) is 1.75. The van der Waals surface area contributed by atoms with E-state index in [1.54, 1.807) is 6.92 Å². The molecule has 0 saturated heterocycles. The van der Waals surface area contributed by atoms with Crippen molar-refractivity contribution >= 4 is 6.09 Å². The molecule has 1 aliphatic rings. The van der Waals surface area contributed by atoms with Crippen molar-refractivity contribution in [2.24, 2.45) is 0 Å². The van der Waals surface area contributed by atoms with Gasteiger partial charge in [0.1, 0.15) is 0 Å². The minimum atomic E-state index is -0.305. The van der Waals surface area contributed by atoms with Crippen LogP contribution in [0.25, 0.3) is 0 Å². The second kappa shape index (κ2) is 4.34. The van der Waals surface area contributed by atoms with Crippen molar-refractivity contribution in [1.29, 1.82) is 0 Å². The van der Waals surface area contributed by atoms with Crippen LogP contribution in [0.15, 0.2) is 30.3 Å². The summed E-state index contributed by atoms with van der Waals surface area (Å²) in [5.74, 6) is 0.468. The molecule has 1 aromatic carbocycles. The highest BCUT2D eigenvalue weighted by molar-refractivity contribution is 5.68. The maximum Gasteiger partial charge on any atom is 0.407 e. The number of hydrogen-bond acceptors (Lipinski definition) is 2. The topological polar surface area (TPSA) is 38.3 Å². The predicted octanol–water partition coefficient (Wildman–Crippen LogP) is 2.29. The molecule has 2 atom stereocenters. The van der Waals surface area contributed by atoms with E-state index >= 15 is 0 Å². The maximum absolute atomic E-state index is 11.1. The van der Waals surface area contributed by atoms with E-state index in [0.29, 0.717) is 12.5 Å². The molecule has 3 heteroatoms. The Morgan fingerprint density at radius 1 is 1.47 bits per heavy atom. The molecule has 1 N–H and O–H groups in total. The lowest BCUT2D eigenvalue weighted by molar-refractivity contribution is 0.151. The maximum atomic E-state index is 11.1. The summed E-state index contributed by atoms with van der Waals surface area (Å²) in [5, 5.41) is 2.84. The quantitative estimate of drug-likeness (QED) is 0.822. The number of hydrogen-bond donors (Lipinski definition) is 1. The van der Waals surface area contributed by atoms with Crippen molar-refractivity contribution < 1.29 is 9.53 Å². The van der Waals surface area contributed by atoms with Gasteiger partial charge in [-0.1, -0.05) is 30.3 Å². The van der Waals surface area contributed by atoms with Crippen LogP contribution in [-0.2, 0) is 4.74 Å². The molecule has 1 aromatic rings. The van der Waals surface area contributed by atoms with Gasteiger partial charge in [-0.15, -0.1) is 0 Å². The molecule has 1 amide bonds. The van der Waals surface area contributed by atoms with Gasteiger partial charge in [0.05, 0.1) is 6.61 Å². The largest absolute Gasteiger partial charge is 0.450 e. The summed E-state index contributed by atoms with van der Waals surface area (Å²) in [4.78, 5) is 11.1. The molecule has 0 aromatic heterocycles. The van der Waals surface area contributed by atoms with Crippen LogP contribution < -0.4 is 5.32 Å². The van der Waals surface area contributed by atoms with Crippen molar-refractivity contribution in [2.45, 2.75) is 25.3 Å². The molecule has 0 unspecified atom stereocenters. The van der Waals surface area contributed by atoms with Gasteiger partial charge >= 0.3 is 6.09 Å². The fraction of sp³-hybridized carbons (Fsp3) is 0.417. The zero-order valence-corrected chi connectivity index (χ0v) is 8.77. The third-order valence-electron chi connectivity index (χ3n) is 2.60. The van der Waals surface area contributed by atoms with E-state index in [9.17, 15) is 4.79 Å².